The quantitative estimate of drug-likeness (QED) is 0.780. The maximum Gasteiger partial charge on any atom is 0.321 e. The first-order valence-corrected chi connectivity index (χ1v) is 8.02. The van der Waals surface area contributed by atoms with E-state index in [4.69, 9.17) is 11.6 Å². The standard InChI is InChI=1S/C16H22ClN3O2/c1-2-18-15(22)20-14(21)11-19-16(9-3-4-10-16)12-5-7-13(17)8-6-12/h5-8,19H,2-4,9-11H2,1H3,(H2,18,20,21,22). The van der Waals surface area contributed by atoms with E-state index in [2.05, 4.69) is 16.0 Å². The summed E-state index contributed by atoms with van der Waals surface area (Å²) in [5.41, 5.74) is 0.934. The van der Waals surface area contributed by atoms with Crippen LogP contribution >= 0.6 is 11.6 Å². The molecule has 5 nitrogen and oxygen atoms in total. The molecule has 0 aliphatic heterocycles. The van der Waals surface area contributed by atoms with Crippen molar-refractivity contribution in [1.82, 2.24) is 16.0 Å². The predicted molar refractivity (Wildman–Crippen MR) is 86.8 cm³/mol. The normalized spacial score (nSPS) is 16.3. The first-order valence-electron chi connectivity index (χ1n) is 7.64. The van der Waals surface area contributed by atoms with E-state index in [9.17, 15) is 9.59 Å². The Kier molecular flexibility index (Phi) is 5.80. The molecule has 0 bridgehead atoms. The molecule has 0 heterocycles. The van der Waals surface area contributed by atoms with Gasteiger partial charge in [0.15, 0.2) is 0 Å². The second-order valence-electron chi connectivity index (χ2n) is 5.56. The lowest BCUT2D eigenvalue weighted by Crippen LogP contribution is -2.48. The number of imide groups is 1. The van der Waals surface area contributed by atoms with Gasteiger partial charge >= 0.3 is 6.03 Å². The first kappa shape index (κ1) is 16.8. The van der Waals surface area contributed by atoms with Crippen LogP contribution < -0.4 is 16.0 Å². The van der Waals surface area contributed by atoms with E-state index < -0.39 is 6.03 Å². The Morgan fingerprint density at radius 1 is 1.18 bits per heavy atom. The topological polar surface area (TPSA) is 70.2 Å². The highest BCUT2D eigenvalue weighted by molar-refractivity contribution is 6.30. The third kappa shape index (κ3) is 4.21. The Morgan fingerprint density at radius 2 is 1.82 bits per heavy atom. The number of carbonyl (C=O) groups excluding carboxylic acids is 2. The minimum atomic E-state index is -0.457. The van der Waals surface area contributed by atoms with Gasteiger partial charge < -0.3 is 5.32 Å². The number of benzene rings is 1. The summed E-state index contributed by atoms with van der Waals surface area (Å²) in [5, 5.41) is 8.89. The molecule has 0 radical (unpaired) electrons. The van der Waals surface area contributed by atoms with Gasteiger partial charge in [-0.15, -0.1) is 0 Å². The number of urea groups is 1. The van der Waals surface area contributed by atoms with Crippen molar-refractivity contribution in [2.45, 2.75) is 38.1 Å². The predicted octanol–water partition coefficient (Wildman–Crippen LogP) is 2.54. The zero-order chi connectivity index (χ0) is 16.0. The highest BCUT2D eigenvalue weighted by Crippen LogP contribution is 2.38. The van der Waals surface area contributed by atoms with Crippen LogP contribution in [0.1, 0.15) is 38.2 Å². The molecule has 1 aromatic carbocycles. The summed E-state index contributed by atoms with van der Waals surface area (Å²) in [6.45, 7) is 2.40. The number of rotatable bonds is 5. The van der Waals surface area contributed by atoms with Crippen LogP contribution in [0.3, 0.4) is 0 Å². The fraction of sp³-hybridized carbons (Fsp3) is 0.500. The molecule has 120 valence electrons. The molecular formula is C16H22ClN3O2. The molecule has 0 atom stereocenters. The minimum Gasteiger partial charge on any atom is -0.338 e. The molecule has 2 rings (SSSR count). The van der Waals surface area contributed by atoms with Gasteiger partial charge in [0, 0.05) is 17.1 Å². The molecule has 1 fully saturated rings. The summed E-state index contributed by atoms with van der Waals surface area (Å²) in [7, 11) is 0. The summed E-state index contributed by atoms with van der Waals surface area (Å²) >= 11 is 5.95. The van der Waals surface area contributed by atoms with E-state index in [1.165, 1.54) is 0 Å². The second kappa shape index (κ2) is 7.61. The van der Waals surface area contributed by atoms with E-state index in [1.54, 1.807) is 6.92 Å². The Labute approximate surface area is 135 Å². The summed E-state index contributed by atoms with van der Waals surface area (Å²) < 4.78 is 0. The van der Waals surface area contributed by atoms with Crippen LogP contribution in [0, 0.1) is 0 Å². The lowest BCUT2D eigenvalue weighted by molar-refractivity contribution is -0.119. The van der Waals surface area contributed by atoms with Crippen molar-refractivity contribution < 1.29 is 9.59 Å². The van der Waals surface area contributed by atoms with E-state index in [-0.39, 0.29) is 18.0 Å². The van der Waals surface area contributed by atoms with Crippen LogP contribution in [-0.4, -0.2) is 25.0 Å². The maximum atomic E-state index is 11.9. The molecule has 22 heavy (non-hydrogen) atoms. The molecule has 3 amide bonds. The lowest BCUT2D eigenvalue weighted by atomic mass is 9.88. The van der Waals surface area contributed by atoms with Gasteiger partial charge in [-0.1, -0.05) is 36.6 Å². The van der Waals surface area contributed by atoms with E-state index >= 15 is 0 Å². The van der Waals surface area contributed by atoms with Crippen LogP contribution in [0.5, 0.6) is 0 Å². The summed E-state index contributed by atoms with van der Waals surface area (Å²) in [6, 6.07) is 7.28. The van der Waals surface area contributed by atoms with Crippen LogP contribution in [0.25, 0.3) is 0 Å². The van der Waals surface area contributed by atoms with Crippen molar-refractivity contribution in [3.63, 3.8) is 0 Å². The third-order valence-electron chi connectivity index (χ3n) is 4.03. The van der Waals surface area contributed by atoms with E-state index in [0.717, 1.165) is 31.2 Å². The van der Waals surface area contributed by atoms with Crippen molar-refractivity contribution in [3.05, 3.63) is 34.9 Å². The van der Waals surface area contributed by atoms with Gasteiger partial charge in [-0.3, -0.25) is 15.4 Å². The van der Waals surface area contributed by atoms with Gasteiger partial charge in [0.25, 0.3) is 0 Å². The van der Waals surface area contributed by atoms with Gasteiger partial charge in [0.1, 0.15) is 0 Å². The number of carbonyl (C=O) groups is 2. The highest BCUT2D eigenvalue weighted by Gasteiger charge is 2.35. The average molecular weight is 324 g/mol. The zero-order valence-electron chi connectivity index (χ0n) is 12.7. The van der Waals surface area contributed by atoms with Crippen LogP contribution in [0.4, 0.5) is 4.79 Å². The Balaban J connectivity index is 1.99. The van der Waals surface area contributed by atoms with E-state index in [0.29, 0.717) is 11.6 Å². The number of halogens is 1. The van der Waals surface area contributed by atoms with Gasteiger partial charge in [0.2, 0.25) is 5.91 Å². The van der Waals surface area contributed by atoms with Crippen molar-refractivity contribution >= 4 is 23.5 Å². The Bertz CT molecular complexity index is 525. The van der Waals surface area contributed by atoms with Gasteiger partial charge in [-0.25, -0.2) is 4.79 Å². The Hall–Kier alpha value is -1.59. The van der Waals surface area contributed by atoms with Crippen LogP contribution in [0.2, 0.25) is 5.02 Å². The molecule has 3 N–H and O–H groups in total. The molecule has 6 heteroatoms. The largest absolute Gasteiger partial charge is 0.338 e. The molecule has 1 aliphatic rings. The molecular weight excluding hydrogens is 302 g/mol. The lowest BCUT2D eigenvalue weighted by Gasteiger charge is -2.31. The molecule has 0 aromatic heterocycles. The Morgan fingerprint density at radius 3 is 2.41 bits per heavy atom. The smallest absolute Gasteiger partial charge is 0.321 e. The van der Waals surface area contributed by atoms with E-state index in [1.807, 2.05) is 24.3 Å². The summed E-state index contributed by atoms with van der Waals surface area (Å²) in [4.78, 5) is 23.2. The number of hydrogen-bond acceptors (Lipinski definition) is 3. The molecule has 0 unspecified atom stereocenters. The zero-order valence-corrected chi connectivity index (χ0v) is 13.5. The fourth-order valence-corrected chi connectivity index (χ4v) is 3.07. The van der Waals surface area contributed by atoms with Crippen molar-refractivity contribution in [2.75, 3.05) is 13.1 Å². The number of amides is 3. The van der Waals surface area contributed by atoms with Crippen molar-refractivity contribution in [3.8, 4) is 0 Å². The second-order valence-corrected chi connectivity index (χ2v) is 5.99. The molecule has 0 spiro atoms. The molecule has 0 saturated heterocycles. The summed E-state index contributed by atoms with van der Waals surface area (Å²) in [6.07, 6.45) is 4.19. The van der Waals surface area contributed by atoms with Gasteiger partial charge in [0.05, 0.1) is 6.54 Å². The fourth-order valence-electron chi connectivity index (χ4n) is 2.94. The summed E-state index contributed by atoms with van der Waals surface area (Å²) in [5.74, 6) is -0.328. The molecule has 1 saturated carbocycles. The van der Waals surface area contributed by atoms with Crippen molar-refractivity contribution in [2.24, 2.45) is 0 Å². The minimum absolute atomic E-state index is 0.111. The maximum absolute atomic E-state index is 11.9. The first-order chi connectivity index (χ1) is 10.6. The number of hydrogen-bond donors (Lipinski definition) is 3. The monoisotopic (exact) mass is 323 g/mol. The molecule has 1 aliphatic carbocycles. The third-order valence-corrected chi connectivity index (χ3v) is 4.28. The number of nitrogens with one attached hydrogen (secondary N) is 3. The molecule has 1 aromatic rings. The highest BCUT2D eigenvalue weighted by atomic mass is 35.5. The van der Waals surface area contributed by atoms with Crippen LogP contribution in [0.15, 0.2) is 24.3 Å². The van der Waals surface area contributed by atoms with Gasteiger partial charge in [-0.05, 0) is 37.5 Å². The van der Waals surface area contributed by atoms with Crippen LogP contribution in [-0.2, 0) is 10.3 Å². The van der Waals surface area contributed by atoms with Gasteiger partial charge in [-0.2, -0.15) is 0 Å². The SMILES string of the molecule is CCNC(=O)NC(=O)CNC1(c2ccc(Cl)cc2)CCCC1. The average Bonchev–Trinajstić information content (AvgIpc) is 2.96. The van der Waals surface area contributed by atoms with Crippen molar-refractivity contribution in [1.29, 1.82) is 0 Å².